The van der Waals surface area contributed by atoms with Crippen molar-refractivity contribution < 1.29 is 4.74 Å². The zero-order valence-corrected chi connectivity index (χ0v) is 9.68. The van der Waals surface area contributed by atoms with Gasteiger partial charge in [0.05, 0.1) is 5.60 Å². The maximum Gasteiger partial charge on any atom is 0.105 e. The molecule has 1 atom stereocenters. The largest absolute Gasteiger partial charge is 0.362 e. The standard InChI is InChI=1S/C13H22O/c1-5-11-13(14-11)8-6-10(7-9-13)12(2,3)4/h5,10-11H,1,6-9H2,2-4H3. The van der Waals surface area contributed by atoms with Gasteiger partial charge in [-0.05, 0) is 37.0 Å². The fourth-order valence-corrected chi connectivity index (χ4v) is 2.86. The molecule has 0 N–H and O–H groups in total. The molecule has 1 heterocycles. The van der Waals surface area contributed by atoms with Crippen LogP contribution in [0.5, 0.6) is 0 Å². The first-order valence-corrected chi connectivity index (χ1v) is 5.78. The summed E-state index contributed by atoms with van der Waals surface area (Å²) in [4.78, 5) is 0. The van der Waals surface area contributed by atoms with Crippen molar-refractivity contribution in [2.75, 3.05) is 0 Å². The van der Waals surface area contributed by atoms with Crippen LogP contribution in [0.15, 0.2) is 12.7 Å². The Morgan fingerprint density at radius 2 is 1.86 bits per heavy atom. The lowest BCUT2D eigenvalue weighted by Gasteiger charge is -2.36. The van der Waals surface area contributed by atoms with Crippen LogP contribution in [0.3, 0.4) is 0 Å². The van der Waals surface area contributed by atoms with Crippen molar-refractivity contribution in [3.8, 4) is 0 Å². The normalized spacial score (nSPS) is 42.5. The molecule has 2 aliphatic rings. The predicted octanol–water partition coefficient (Wildman–Crippen LogP) is 3.55. The molecular weight excluding hydrogens is 172 g/mol. The molecule has 0 amide bonds. The van der Waals surface area contributed by atoms with Crippen molar-refractivity contribution in [2.45, 2.75) is 58.2 Å². The lowest BCUT2D eigenvalue weighted by molar-refractivity contribution is 0.125. The first kappa shape index (κ1) is 10.2. The smallest absolute Gasteiger partial charge is 0.105 e. The maximum atomic E-state index is 5.74. The molecule has 2 fully saturated rings. The fraction of sp³-hybridized carbons (Fsp3) is 0.846. The summed E-state index contributed by atoms with van der Waals surface area (Å²) in [5.74, 6) is 0.878. The fourth-order valence-electron chi connectivity index (χ4n) is 2.86. The van der Waals surface area contributed by atoms with E-state index >= 15 is 0 Å². The number of rotatable bonds is 1. The van der Waals surface area contributed by atoms with E-state index in [4.69, 9.17) is 4.74 Å². The van der Waals surface area contributed by atoms with Gasteiger partial charge < -0.3 is 4.74 Å². The zero-order chi connectivity index (χ0) is 10.4. The van der Waals surface area contributed by atoms with Gasteiger partial charge in [0, 0.05) is 0 Å². The molecule has 1 spiro atoms. The summed E-state index contributed by atoms with van der Waals surface area (Å²) >= 11 is 0. The molecule has 80 valence electrons. The van der Waals surface area contributed by atoms with Gasteiger partial charge in [-0.3, -0.25) is 0 Å². The average Bonchev–Trinajstić information content (AvgIpc) is 2.78. The van der Waals surface area contributed by atoms with E-state index in [1.807, 2.05) is 6.08 Å². The maximum absolute atomic E-state index is 5.74. The Morgan fingerprint density at radius 3 is 2.21 bits per heavy atom. The van der Waals surface area contributed by atoms with E-state index in [2.05, 4.69) is 27.4 Å². The molecule has 14 heavy (non-hydrogen) atoms. The van der Waals surface area contributed by atoms with Gasteiger partial charge in [0.1, 0.15) is 6.10 Å². The topological polar surface area (TPSA) is 12.5 Å². The van der Waals surface area contributed by atoms with E-state index in [9.17, 15) is 0 Å². The van der Waals surface area contributed by atoms with Gasteiger partial charge in [-0.25, -0.2) is 0 Å². The average molecular weight is 194 g/mol. The number of epoxide rings is 1. The Labute approximate surface area is 87.5 Å². The highest BCUT2D eigenvalue weighted by molar-refractivity contribution is 5.12. The van der Waals surface area contributed by atoms with Crippen LogP contribution in [0.4, 0.5) is 0 Å². The highest BCUT2D eigenvalue weighted by atomic mass is 16.6. The lowest BCUT2D eigenvalue weighted by Crippen LogP contribution is -2.30. The molecule has 1 nitrogen and oxygen atoms in total. The summed E-state index contributed by atoms with van der Waals surface area (Å²) in [6.45, 7) is 10.9. The van der Waals surface area contributed by atoms with Crippen LogP contribution in [-0.2, 0) is 4.74 Å². The van der Waals surface area contributed by atoms with Crippen LogP contribution in [0, 0.1) is 11.3 Å². The molecule has 1 aliphatic carbocycles. The van der Waals surface area contributed by atoms with Gasteiger partial charge in [-0.1, -0.05) is 26.8 Å². The minimum atomic E-state index is 0.226. The van der Waals surface area contributed by atoms with Gasteiger partial charge in [0.2, 0.25) is 0 Å². The van der Waals surface area contributed by atoms with E-state index in [1.165, 1.54) is 25.7 Å². The molecule has 1 heteroatoms. The summed E-state index contributed by atoms with van der Waals surface area (Å²) in [6.07, 6.45) is 7.47. The second kappa shape index (κ2) is 3.10. The molecule has 1 saturated carbocycles. The zero-order valence-electron chi connectivity index (χ0n) is 9.68. The molecular formula is C13H22O. The second-order valence-corrected chi connectivity index (χ2v) is 5.98. The monoisotopic (exact) mass is 194 g/mol. The van der Waals surface area contributed by atoms with Crippen molar-refractivity contribution >= 4 is 0 Å². The summed E-state index contributed by atoms with van der Waals surface area (Å²) in [6, 6.07) is 0. The van der Waals surface area contributed by atoms with Crippen LogP contribution < -0.4 is 0 Å². The Hall–Kier alpha value is -0.300. The van der Waals surface area contributed by atoms with Crippen molar-refractivity contribution in [3.05, 3.63) is 12.7 Å². The summed E-state index contributed by atoms with van der Waals surface area (Å²) in [7, 11) is 0. The first-order chi connectivity index (χ1) is 6.48. The van der Waals surface area contributed by atoms with Crippen molar-refractivity contribution in [1.82, 2.24) is 0 Å². The molecule has 0 aromatic heterocycles. The Balaban J connectivity index is 1.91. The van der Waals surface area contributed by atoms with Gasteiger partial charge in [-0.15, -0.1) is 6.58 Å². The molecule has 1 aliphatic heterocycles. The molecule has 1 unspecified atom stereocenters. The SMILES string of the molecule is C=CC1OC12CCC(C(C)(C)C)CC2. The van der Waals surface area contributed by atoms with Crippen molar-refractivity contribution in [1.29, 1.82) is 0 Å². The van der Waals surface area contributed by atoms with Gasteiger partial charge in [0.25, 0.3) is 0 Å². The summed E-state index contributed by atoms with van der Waals surface area (Å²) in [5.41, 5.74) is 0.698. The Kier molecular flexibility index (Phi) is 2.26. The highest BCUT2D eigenvalue weighted by Crippen LogP contribution is 2.52. The van der Waals surface area contributed by atoms with Crippen LogP contribution in [0.2, 0.25) is 0 Å². The number of hydrogen-bond donors (Lipinski definition) is 0. The summed E-state index contributed by atoms with van der Waals surface area (Å²) < 4.78 is 5.74. The number of ether oxygens (including phenoxy) is 1. The van der Waals surface area contributed by atoms with E-state index in [0.717, 1.165) is 5.92 Å². The minimum Gasteiger partial charge on any atom is -0.362 e. The van der Waals surface area contributed by atoms with Crippen LogP contribution in [0.1, 0.15) is 46.5 Å². The van der Waals surface area contributed by atoms with E-state index < -0.39 is 0 Å². The van der Waals surface area contributed by atoms with Crippen LogP contribution in [-0.4, -0.2) is 11.7 Å². The highest BCUT2D eigenvalue weighted by Gasteiger charge is 2.56. The third-order valence-electron chi connectivity index (χ3n) is 4.09. The minimum absolute atomic E-state index is 0.226. The quantitative estimate of drug-likeness (QED) is 0.459. The molecule has 1 saturated heterocycles. The second-order valence-electron chi connectivity index (χ2n) is 5.98. The van der Waals surface area contributed by atoms with Gasteiger partial charge in [-0.2, -0.15) is 0 Å². The van der Waals surface area contributed by atoms with Gasteiger partial charge >= 0.3 is 0 Å². The Bertz CT molecular complexity index is 228. The molecule has 0 radical (unpaired) electrons. The van der Waals surface area contributed by atoms with E-state index in [0.29, 0.717) is 11.5 Å². The lowest BCUT2D eigenvalue weighted by atomic mass is 9.69. The third kappa shape index (κ3) is 1.63. The Morgan fingerprint density at radius 1 is 1.29 bits per heavy atom. The van der Waals surface area contributed by atoms with E-state index in [1.54, 1.807) is 0 Å². The van der Waals surface area contributed by atoms with Crippen molar-refractivity contribution in [3.63, 3.8) is 0 Å². The molecule has 0 bridgehead atoms. The first-order valence-electron chi connectivity index (χ1n) is 5.78. The molecule has 2 rings (SSSR count). The third-order valence-corrected chi connectivity index (χ3v) is 4.09. The predicted molar refractivity (Wildman–Crippen MR) is 59.2 cm³/mol. The van der Waals surface area contributed by atoms with Crippen LogP contribution in [0.25, 0.3) is 0 Å². The van der Waals surface area contributed by atoms with Gasteiger partial charge in [0.15, 0.2) is 0 Å². The van der Waals surface area contributed by atoms with Crippen molar-refractivity contribution in [2.24, 2.45) is 11.3 Å². The number of hydrogen-bond acceptors (Lipinski definition) is 1. The van der Waals surface area contributed by atoms with Crippen LogP contribution >= 0.6 is 0 Å². The molecule has 0 aromatic carbocycles. The molecule has 0 aromatic rings. The van der Waals surface area contributed by atoms with E-state index in [-0.39, 0.29) is 5.60 Å². The summed E-state index contributed by atoms with van der Waals surface area (Å²) in [5, 5.41) is 0.